The summed E-state index contributed by atoms with van der Waals surface area (Å²) in [7, 11) is -14.7. The van der Waals surface area contributed by atoms with Gasteiger partial charge in [-0.2, -0.15) is 0 Å². The van der Waals surface area contributed by atoms with Gasteiger partial charge >= 0.3 is 34.2 Å². The van der Waals surface area contributed by atoms with Crippen LogP contribution in [0.15, 0.2) is 33.8 Å². The third-order valence-electron chi connectivity index (χ3n) is 10.6. The summed E-state index contributed by atoms with van der Waals surface area (Å²) in [6, 6.07) is 0. The van der Waals surface area contributed by atoms with Crippen LogP contribution in [0.2, 0.25) is 39.3 Å². The molecule has 1 saturated heterocycles. The monoisotopic (exact) mass is 768 g/mol. The van der Waals surface area contributed by atoms with Gasteiger partial charge in [0.05, 0.1) is 0 Å². The molecule has 4 rings (SSSR count). The fourth-order valence-electron chi connectivity index (χ4n) is 8.38. The molecule has 276 valence electrons. The lowest BCUT2D eigenvalue weighted by atomic mass is 10.0. The van der Waals surface area contributed by atoms with Crippen LogP contribution in [0.3, 0.4) is 0 Å². The van der Waals surface area contributed by atoms with E-state index in [0.29, 0.717) is 0 Å². The second-order valence-electron chi connectivity index (χ2n) is 16.0. The van der Waals surface area contributed by atoms with E-state index in [1.807, 2.05) is 0 Å². The summed E-state index contributed by atoms with van der Waals surface area (Å²) in [5, 5.41) is 4.40. The van der Waals surface area contributed by atoms with Gasteiger partial charge < -0.3 is 24.7 Å². The van der Waals surface area contributed by atoms with Gasteiger partial charge in [0.1, 0.15) is 0 Å². The molecule has 0 bridgehead atoms. The first-order valence-electron chi connectivity index (χ1n) is 20.2. The van der Waals surface area contributed by atoms with Gasteiger partial charge in [0.2, 0.25) is 0 Å². The van der Waals surface area contributed by atoms with Crippen LogP contribution >= 0.6 is 0 Å². The number of rotatable bonds is 3. The molecular weight excluding hydrogens is 697 g/mol. The van der Waals surface area contributed by atoms with Crippen LogP contribution in [0.1, 0.15) is 154 Å². The average Bonchev–Trinajstić information content (AvgIpc) is 3.02. The zero-order valence-corrected chi connectivity index (χ0v) is 38.5. The van der Waals surface area contributed by atoms with E-state index in [0.717, 1.165) is 38.5 Å². The molecular formula is C36H72O6Si6. The Morgan fingerprint density at radius 2 is 0.917 bits per heavy atom. The first-order valence-corrected chi connectivity index (χ1v) is 33.2. The van der Waals surface area contributed by atoms with Crippen LogP contribution < -0.4 is 0 Å². The van der Waals surface area contributed by atoms with Crippen molar-refractivity contribution < 1.29 is 24.7 Å². The predicted octanol–water partition coefficient (Wildman–Crippen LogP) is 10.7. The molecule has 0 aromatic rings. The molecule has 4 aliphatic rings. The minimum atomic E-state index is -3.14. The molecule has 0 aromatic carbocycles. The van der Waals surface area contributed by atoms with Gasteiger partial charge in [-0.3, -0.25) is 0 Å². The molecule has 0 N–H and O–H groups in total. The summed E-state index contributed by atoms with van der Waals surface area (Å²) in [4.78, 5) is 0. The maximum atomic E-state index is 8.19. The molecule has 48 heavy (non-hydrogen) atoms. The third-order valence-corrected chi connectivity index (χ3v) is 33.1. The second kappa shape index (κ2) is 20.5. The molecule has 0 saturated carbocycles. The molecule has 1 aliphatic heterocycles. The van der Waals surface area contributed by atoms with Gasteiger partial charge in [0.15, 0.2) is 0 Å². The Morgan fingerprint density at radius 3 is 1.42 bits per heavy atom. The van der Waals surface area contributed by atoms with Crippen molar-refractivity contribution in [3.8, 4) is 0 Å². The Balaban J connectivity index is 1.92. The lowest BCUT2D eigenvalue weighted by molar-refractivity contribution is 0.261. The minimum absolute atomic E-state index is 1.06. The van der Waals surface area contributed by atoms with Crippen molar-refractivity contribution in [2.75, 3.05) is 0 Å². The lowest BCUT2D eigenvalue weighted by Crippen LogP contribution is -2.64. The van der Waals surface area contributed by atoms with Gasteiger partial charge in [-0.25, -0.2) is 0 Å². The van der Waals surface area contributed by atoms with Crippen LogP contribution in [-0.4, -0.2) is 53.5 Å². The SMILES string of the molecule is C[SiH]1O[SiH2]O[Si](C2=CCCCCCCCC2)(C2=CCCCCCCCC2)O[Si](C)(C2=CCCCCCCCC2)O[Si](C)(C)O[Si](C)(C)O1. The van der Waals surface area contributed by atoms with Crippen LogP contribution in [-0.2, 0) is 24.7 Å². The van der Waals surface area contributed by atoms with Crippen LogP contribution in [0.25, 0.3) is 0 Å². The zero-order valence-electron chi connectivity index (χ0n) is 31.9. The van der Waals surface area contributed by atoms with E-state index in [1.54, 1.807) is 0 Å². The predicted molar refractivity (Wildman–Crippen MR) is 215 cm³/mol. The number of hydrogen-bond donors (Lipinski definition) is 0. The maximum Gasteiger partial charge on any atom is 0.380 e. The first-order chi connectivity index (χ1) is 23.0. The highest BCUT2D eigenvalue weighted by molar-refractivity contribution is 6.96. The number of allylic oxidation sites excluding steroid dienone is 6. The maximum absolute atomic E-state index is 8.19. The standard InChI is InChI=1S/C36H72O6Si6/c1-44-37-43-38-48(35-30-24-18-12-8-13-19-25-31-35,36-32-26-20-14-9-15-21-27-33-36)42-47(6,41-46(4,5)40-45(2,3)39-44)34-28-22-16-10-7-11-17-23-29-34/h28,30,32,44H,7-27,29,31,33,43H2,1-6H3. The van der Waals surface area contributed by atoms with Crippen molar-refractivity contribution >= 4 is 53.5 Å². The van der Waals surface area contributed by atoms with E-state index in [9.17, 15) is 0 Å². The molecule has 0 radical (unpaired) electrons. The summed E-state index contributed by atoms with van der Waals surface area (Å²) in [6.45, 7) is 13.4. The molecule has 6 nitrogen and oxygen atoms in total. The molecule has 12 heteroatoms. The van der Waals surface area contributed by atoms with E-state index in [-0.39, 0.29) is 0 Å². The zero-order chi connectivity index (χ0) is 34.4. The third kappa shape index (κ3) is 13.4. The molecule has 0 spiro atoms. The van der Waals surface area contributed by atoms with Crippen LogP contribution in [0.4, 0.5) is 0 Å². The molecule has 0 amide bonds. The molecule has 2 unspecified atom stereocenters. The molecule has 1 fully saturated rings. The Morgan fingerprint density at radius 1 is 0.500 bits per heavy atom. The largest absolute Gasteiger partial charge is 0.423 e. The second-order valence-corrected chi connectivity index (χ2v) is 33.9. The Bertz CT molecular complexity index is 1030. The van der Waals surface area contributed by atoms with Crippen LogP contribution in [0.5, 0.6) is 0 Å². The average molecular weight is 769 g/mol. The van der Waals surface area contributed by atoms with Crippen molar-refractivity contribution in [1.82, 2.24) is 0 Å². The Hall–Kier alpha value is 0.281. The lowest BCUT2D eigenvalue weighted by Gasteiger charge is -2.47. The summed E-state index contributed by atoms with van der Waals surface area (Å²) in [5.74, 6) is 0. The smallest absolute Gasteiger partial charge is 0.380 e. The molecule has 0 aromatic heterocycles. The van der Waals surface area contributed by atoms with Gasteiger partial charge in [-0.1, -0.05) is 95.3 Å². The van der Waals surface area contributed by atoms with Crippen molar-refractivity contribution in [2.24, 2.45) is 0 Å². The van der Waals surface area contributed by atoms with E-state index in [4.69, 9.17) is 24.7 Å². The van der Waals surface area contributed by atoms with Gasteiger partial charge in [-0.05, 0) is 132 Å². The van der Waals surface area contributed by atoms with Crippen LogP contribution in [0, 0.1) is 0 Å². The Labute approximate surface area is 304 Å². The van der Waals surface area contributed by atoms with Crippen molar-refractivity contribution in [3.63, 3.8) is 0 Å². The fourth-order valence-corrected chi connectivity index (χ4v) is 34.9. The Kier molecular flexibility index (Phi) is 17.5. The van der Waals surface area contributed by atoms with Gasteiger partial charge in [-0.15, -0.1) is 0 Å². The van der Waals surface area contributed by atoms with E-state index >= 15 is 0 Å². The quantitative estimate of drug-likeness (QED) is 0.267. The molecule has 2 atom stereocenters. The van der Waals surface area contributed by atoms with Crippen molar-refractivity contribution in [1.29, 1.82) is 0 Å². The topological polar surface area (TPSA) is 55.4 Å². The highest BCUT2D eigenvalue weighted by Gasteiger charge is 2.55. The van der Waals surface area contributed by atoms with E-state index in [2.05, 4.69) is 57.5 Å². The highest BCUT2D eigenvalue weighted by atomic mass is 28.5. The van der Waals surface area contributed by atoms with Crippen molar-refractivity contribution in [3.05, 3.63) is 33.8 Å². The normalized spacial score (nSPS) is 33.9. The fraction of sp³-hybridized carbons (Fsp3) is 0.833. The minimum Gasteiger partial charge on any atom is -0.423 e. The summed E-state index contributed by atoms with van der Waals surface area (Å²) >= 11 is 0. The molecule has 1 heterocycles. The number of hydrogen-bond acceptors (Lipinski definition) is 6. The summed E-state index contributed by atoms with van der Waals surface area (Å²) < 4.78 is 43.8. The molecule has 3 aliphatic carbocycles. The van der Waals surface area contributed by atoms with Gasteiger partial charge in [0, 0.05) is 0 Å². The summed E-state index contributed by atoms with van der Waals surface area (Å²) in [6.07, 6.45) is 37.6. The van der Waals surface area contributed by atoms with Gasteiger partial charge in [0.25, 0.3) is 19.3 Å². The summed E-state index contributed by atoms with van der Waals surface area (Å²) in [5.41, 5.74) is 0. The van der Waals surface area contributed by atoms with Crippen molar-refractivity contribution in [2.45, 2.75) is 193 Å². The van der Waals surface area contributed by atoms with E-state index < -0.39 is 53.5 Å². The van der Waals surface area contributed by atoms with E-state index in [1.165, 1.54) is 131 Å². The first kappa shape index (κ1) is 41.0. The highest BCUT2D eigenvalue weighted by Crippen LogP contribution is 2.42.